The van der Waals surface area contributed by atoms with Crippen LogP contribution in [0.15, 0.2) is 11.4 Å². The van der Waals surface area contributed by atoms with Crippen LogP contribution in [0.2, 0.25) is 0 Å². The Hall–Kier alpha value is -0.0400. The molecule has 0 atom stereocenters. The minimum absolute atomic E-state index is 0.562. The van der Waals surface area contributed by atoms with Gasteiger partial charge in [0.1, 0.15) is 0 Å². The van der Waals surface area contributed by atoms with Crippen molar-refractivity contribution in [3.05, 3.63) is 11.4 Å². The molecule has 0 bridgehead atoms. The van der Waals surface area contributed by atoms with Gasteiger partial charge in [-0.15, -0.1) is 0 Å². The van der Waals surface area contributed by atoms with Crippen molar-refractivity contribution in [2.45, 2.75) is 64.7 Å². The molecule has 0 amide bonds. The third kappa shape index (κ3) is 12.0. The lowest BCUT2D eigenvalue weighted by molar-refractivity contribution is 0.576. The summed E-state index contributed by atoms with van der Waals surface area (Å²) >= 11 is 5.07. The Balaban J connectivity index is 2.96. The van der Waals surface area contributed by atoms with Crippen LogP contribution in [0.4, 0.5) is 4.39 Å². The minimum atomic E-state index is -0.562. The lowest BCUT2D eigenvalue weighted by Gasteiger charge is -1.99. The molecule has 0 rings (SSSR count). The van der Waals surface area contributed by atoms with Crippen molar-refractivity contribution in [3.63, 3.8) is 0 Å². The van der Waals surface area contributed by atoms with Gasteiger partial charge in [0, 0.05) is 0 Å². The van der Waals surface area contributed by atoms with Gasteiger partial charge in [-0.05, 0) is 18.9 Å². The summed E-state index contributed by atoms with van der Waals surface area (Å²) in [5.74, 6) is 0. The van der Waals surface area contributed by atoms with Gasteiger partial charge >= 0.3 is 0 Å². The summed E-state index contributed by atoms with van der Waals surface area (Å²) in [4.78, 5) is 0. The van der Waals surface area contributed by atoms with Gasteiger partial charge < -0.3 is 0 Å². The van der Waals surface area contributed by atoms with E-state index in [-0.39, 0.29) is 0 Å². The monoisotopic (exact) mass is 220 g/mol. The zero-order chi connectivity index (χ0) is 10.6. The molecule has 0 aliphatic rings. The lowest BCUT2D eigenvalue weighted by Crippen LogP contribution is -1.79. The Labute approximate surface area is 92.5 Å². The molecule has 0 aromatic rings. The Bertz CT molecular complexity index is 139. The minimum Gasteiger partial charge on any atom is -0.194 e. The first kappa shape index (κ1) is 14.0. The Morgan fingerprint density at radius 2 is 1.50 bits per heavy atom. The summed E-state index contributed by atoms with van der Waals surface area (Å²) in [6, 6.07) is 0. The molecule has 0 saturated carbocycles. The van der Waals surface area contributed by atoms with Gasteiger partial charge in [0.05, 0.1) is 0 Å². The molecule has 0 aromatic heterocycles. The normalized spacial score (nSPS) is 12.1. The number of halogens is 2. The fourth-order valence-corrected chi connectivity index (χ4v) is 1.60. The largest absolute Gasteiger partial charge is 0.194 e. The van der Waals surface area contributed by atoms with Crippen LogP contribution in [-0.2, 0) is 0 Å². The lowest BCUT2D eigenvalue weighted by atomic mass is 10.1. The standard InChI is InChI=1S/C12H22ClF/c1-2-3-4-5-6-7-8-9-10-11-12(13)14/h11H,2-10H2,1H3/b12-11-. The number of unbranched alkanes of at least 4 members (excludes halogenated alkanes) is 8. The van der Waals surface area contributed by atoms with Gasteiger partial charge in [0.2, 0.25) is 0 Å². The Morgan fingerprint density at radius 1 is 1.00 bits per heavy atom. The van der Waals surface area contributed by atoms with Crippen molar-refractivity contribution in [3.8, 4) is 0 Å². The first-order valence-electron chi connectivity index (χ1n) is 5.78. The van der Waals surface area contributed by atoms with Crippen LogP contribution in [0.1, 0.15) is 64.7 Å². The molecule has 0 heterocycles. The maximum atomic E-state index is 12.0. The average molecular weight is 221 g/mol. The van der Waals surface area contributed by atoms with Crippen LogP contribution in [0.5, 0.6) is 0 Å². The van der Waals surface area contributed by atoms with Crippen LogP contribution >= 0.6 is 11.6 Å². The molecule has 0 aromatic carbocycles. The molecule has 0 N–H and O–H groups in total. The highest BCUT2D eigenvalue weighted by Crippen LogP contribution is 2.11. The molecule has 0 radical (unpaired) electrons. The molecule has 0 spiro atoms. The molecule has 0 unspecified atom stereocenters. The van der Waals surface area contributed by atoms with Gasteiger partial charge in [0.25, 0.3) is 0 Å². The average Bonchev–Trinajstić information content (AvgIpc) is 2.15. The van der Waals surface area contributed by atoms with Gasteiger partial charge in [0.15, 0.2) is 5.29 Å². The summed E-state index contributed by atoms with van der Waals surface area (Å²) in [6.07, 6.45) is 12.5. The first-order valence-corrected chi connectivity index (χ1v) is 6.16. The molecule has 2 heteroatoms. The van der Waals surface area contributed by atoms with E-state index in [1.807, 2.05) is 0 Å². The molecule has 84 valence electrons. The summed E-state index contributed by atoms with van der Waals surface area (Å²) in [5, 5.41) is -0.562. The Morgan fingerprint density at radius 3 is 2.00 bits per heavy atom. The predicted molar refractivity (Wildman–Crippen MR) is 62.3 cm³/mol. The predicted octanol–water partition coefficient (Wildman–Crippen LogP) is 5.57. The molecule has 0 aliphatic heterocycles. The topological polar surface area (TPSA) is 0 Å². The number of hydrogen-bond acceptors (Lipinski definition) is 0. The molecule has 0 nitrogen and oxygen atoms in total. The molecule has 14 heavy (non-hydrogen) atoms. The van der Waals surface area contributed by atoms with Crippen molar-refractivity contribution in [1.82, 2.24) is 0 Å². The second-order valence-corrected chi connectivity index (χ2v) is 4.12. The van der Waals surface area contributed by atoms with Crippen molar-refractivity contribution >= 4 is 11.6 Å². The summed E-state index contributed by atoms with van der Waals surface area (Å²) in [6.45, 7) is 2.23. The molecule has 0 aliphatic carbocycles. The fraction of sp³-hybridized carbons (Fsp3) is 0.833. The zero-order valence-electron chi connectivity index (χ0n) is 9.20. The van der Waals surface area contributed by atoms with E-state index in [2.05, 4.69) is 6.92 Å². The number of hydrogen-bond donors (Lipinski definition) is 0. The van der Waals surface area contributed by atoms with Crippen LogP contribution in [0, 0.1) is 0 Å². The fourth-order valence-electron chi connectivity index (χ4n) is 1.49. The quantitative estimate of drug-likeness (QED) is 0.446. The highest BCUT2D eigenvalue weighted by molar-refractivity contribution is 6.28. The highest BCUT2D eigenvalue weighted by Gasteiger charge is 1.91. The molecular formula is C12H22ClF. The van der Waals surface area contributed by atoms with Crippen LogP contribution in [0.3, 0.4) is 0 Å². The van der Waals surface area contributed by atoms with E-state index in [0.29, 0.717) is 0 Å². The molecule has 0 saturated heterocycles. The summed E-state index contributed by atoms with van der Waals surface area (Å²) in [5.41, 5.74) is 0. The second-order valence-electron chi connectivity index (χ2n) is 3.76. The van der Waals surface area contributed by atoms with E-state index in [4.69, 9.17) is 11.6 Å². The van der Waals surface area contributed by atoms with Crippen LogP contribution in [-0.4, -0.2) is 0 Å². The smallest absolute Gasteiger partial charge is 0.185 e. The molecular weight excluding hydrogens is 199 g/mol. The van der Waals surface area contributed by atoms with Gasteiger partial charge in [-0.2, -0.15) is 4.39 Å². The third-order valence-electron chi connectivity index (χ3n) is 2.36. The van der Waals surface area contributed by atoms with Gasteiger partial charge in [-0.25, -0.2) is 0 Å². The van der Waals surface area contributed by atoms with Gasteiger partial charge in [-0.3, -0.25) is 0 Å². The Kier molecular flexibility index (Phi) is 11.0. The maximum Gasteiger partial charge on any atom is 0.185 e. The van der Waals surface area contributed by atoms with Crippen molar-refractivity contribution in [2.24, 2.45) is 0 Å². The zero-order valence-corrected chi connectivity index (χ0v) is 9.95. The highest BCUT2D eigenvalue weighted by atomic mass is 35.5. The van der Waals surface area contributed by atoms with E-state index < -0.39 is 5.29 Å². The van der Waals surface area contributed by atoms with E-state index in [1.54, 1.807) is 0 Å². The van der Waals surface area contributed by atoms with E-state index in [9.17, 15) is 4.39 Å². The van der Waals surface area contributed by atoms with Crippen LogP contribution in [0.25, 0.3) is 0 Å². The first-order chi connectivity index (χ1) is 6.77. The second kappa shape index (κ2) is 11.0. The third-order valence-corrected chi connectivity index (χ3v) is 2.51. The van der Waals surface area contributed by atoms with Crippen molar-refractivity contribution < 1.29 is 4.39 Å². The SMILES string of the molecule is CCCCCCCCCC/C=C(\F)Cl. The van der Waals surface area contributed by atoms with Crippen molar-refractivity contribution in [1.29, 1.82) is 0 Å². The van der Waals surface area contributed by atoms with Crippen LogP contribution < -0.4 is 0 Å². The summed E-state index contributed by atoms with van der Waals surface area (Å²) < 4.78 is 12.0. The number of allylic oxidation sites excluding steroid dienone is 1. The van der Waals surface area contributed by atoms with Gasteiger partial charge in [-0.1, -0.05) is 63.5 Å². The summed E-state index contributed by atoms with van der Waals surface area (Å²) in [7, 11) is 0. The van der Waals surface area contributed by atoms with Crippen molar-refractivity contribution in [2.75, 3.05) is 0 Å². The molecule has 0 fully saturated rings. The van der Waals surface area contributed by atoms with E-state index in [0.717, 1.165) is 12.8 Å². The number of rotatable bonds is 9. The van der Waals surface area contributed by atoms with E-state index >= 15 is 0 Å². The van der Waals surface area contributed by atoms with E-state index in [1.165, 1.54) is 51.0 Å². The maximum absolute atomic E-state index is 12.0.